The Kier molecular flexibility index (Phi) is 5.04. The van der Waals surface area contributed by atoms with E-state index < -0.39 is 6.10 Å². The Hall–Kier alpha value is -3.44. The van der Waals surface area contributed by atoms with Crippen molar-refractivity contribution in [1.29, 1.82) is 0 Å². The molecule has 0 radical (unpaired) electrons. The van der Waals surface area contributed by atoms with Crippen LogP contribution in [0.15, 0.2) is 30.9 Å². The van der Waals surface area contributed by atoms with Gasteiger partial charge in [-0.25, -0.2) is 14.8 Å². The smallest absolute Gasteiger partial charge is 0.338 e. The number of tetrazole rings is 1. The van der Waals surface area contributed by atoms with Crippen molar-refractivity contribution in [3.8, 4) is 5.82 Å². The average molecular weight is 422 g/mol. The minimum atomic E-state index is -0.622. The van der Waals surface area contributed by atoms with Crippen LogP contribution in [-0.4, -0.2) is 78.9 Å². The summed E-state index contributed by atoms with van der Waals surface area (Å²) in [6.45, 7) is 5.94. The molecule has 2 aliphatic rings. The molecule has 2 aliphatic heterocycles. The summed E-state index contributed by atoms with van der Waals surface area (Å²) in [5.41, 5.74) is 3.28. The molecule has 1 atom stereocenters. The predicted molar refractivity (Wildman–Crippen MR) is 109 cm³/mol. The molecule has 31 heavy (non-hydrogen) atoms. The Bertz CT molecular complexity index is 1080. The zero-order valence-corrected chi connectivity index (χ0v) is 17.0. The van der Waals surface area contributed by atoms with E-state index in [-0.39, 0.29) is 12.6 Å². The number of benzene rings is 1. The van der Waals surface area contributed by atoms with Crippen LogP contribution in [-0.2, 0) is 11.3 Å². The van der Waals surface area contributed by atoms with Crippen molar-refractivity contribution in [2.24, 2.45) is 0 Å². The van der Waals surface area contributed by atoms with E-state index >= 15 is 0 Å². The van der Waals surface area contributed by atoms with Crippen molar-refractivity contribution in [3.05, 3.63) is 53.1 Å². The molecule has 1 fully saturated rings. The van der Waals surface area contributed by atoms with E-state index in [9.17, 15) is 9.90 Å². The van der Waals surface area contributed by atoms with Crippen molar-refractivity contribution in [3.63, 3.8) is 0 Å². The lowest BCUT2D eigenvalue weighted by Crippen LogP contribution is -2.47. The molecule has 1 saturated heterocycles. The normalized spacial score (nSPS) is 17.5. The number of fused-ring (bicyclic) bond motifs is 1. The number of hydrogen-bond acceptors (Lipinski definition) is 10. The van der Waals surface area contributed by atoms with Gasteiger partial charge in [0.2, 0.25) is 0 Å². The molecular formula is C20H22N8O3. The fraction of sp³-hybridized carbons (Fsp3) is 0.400. The Morgan fingerprint density at radius 1 is 1.13 bits per heavy atom. The van der Waals surface area contributed by atoms with Gasteiger partial charge in [-0.1, -0.05) is 6.07 Å². The van der Waals surface area contributed by atoms with Crippen molar-refractivity contribution < 1.29 is 14.6 Å². The summed E-state index contributed by atoms with van der Waals surface area (Å²) in [6, 6.07) is 3.59. The number of esters is 1. The predicted octanol–water partition coefficient (Wildman–Crippen LogP) is 0.287. The van der Waals surface area contributed by atoms with Crippen LogP contribution in [0.25, 0.3) is 5.82 Å². The topological polar surface area (TPSA) is 122 Å². The highest BCUT2D eigenvalue weighted by atomic mass is 16.5. The number of cyclic esters (lactones) is 1. The second-order valence-corrected chi connectivity index (χ2v) is 7.67. The summed E-state index contributed by atoms with van der Waals surface area (Å²) < 4.78 is 6.57. The molecule has 4 heterocycles. The number of piperazine rings is 1. The number of anilines is 1. The standard InChI is InChI=1S/C20H22N8O3/c1-13-14(2-3-15-16(13)11-31-20(15)30)17(29)10-26-4-6-27(7-5-26)18-8-22-19(9-21-18)28-12-23-24-25-28/h2-3,8-9,12,17,29H,4-7,10-11H2,1H3/t17-/m0/s1. The monoisotopic (exact) mass is 422 g/mol. The molecule has 0 aliphatic carbocycles. The van der Waals surface area contributed by atoms with Gasteiger partial charge in [0, 0.05) is 38.3 Å². The molecule has 11 heteroatoms. The number of aliphatic hydroxyl groups is 1. The Morgan fingerprint density at radius 2 is 1.90 bits per heavy atom. The number of carbonyl (C=O) groups is 1. The first-order valence-corrected chi connectivity index (χ1v) is 10.1. The zero-order valence-electron chi connectivity index (χ0n) is 17.0. The highest BCUT2D eigenvalue weighted by Gasteiger charge is 2.27. The van der Waals surface area contributed by atoms with Gasteiger partial charge in [0.15, 0.2) is 5.82 Å². The summed E-state index contributed by atoms with van der Waals surface area (Å²) in [5.74, 6) is 1.08. The first-order chi connectivity index (χ1) is 15.1. The van der Waals surface area contributed by atoms with E-state index in [1.165, 1.54) is 11.0 Å². The fourth-order valence-corrected chi connectivity index (χ4v) is 4.09. The molecule has 160 valence electrons. The van der Waals surface area contributed by atoms with Gasteiger partial charge in [-0.2, -0.15) is 4.68 Å². The third-order valence-corrected chi connectivity index (χ3v) is 5.90. The fourth-order valence-electron chi connectivity index (χ4n) is 4.09. The van der Waals surface area contributed by atoms with Crippen LogP contribution in [0, 0.1) is 6.92 Å². The van der Waals surface area contributed by atoms with E-state index in [2.05, 4.69) is 35.3 Å². The van der Waals surface area contributed by atoms with E-state index in [0.717, 1.165) is 48.7 Å². The quantitative estimate of drug-likeness (QED) is 0.574. The molecule has 0 unspecified atom stereocenters. The number of carbonyl (C=O) groups excluding carboxylic acids is 1. The lowest BCUT2D eigenvalue weighted by atomic mass is 9.95. The number of hydrogen-bond donors (Lipinski definition) is 1. The molecule has 11 nitrogen and oxygen atoms in total. The number of nitrogens with zero attached hydrogens (tertiary/aromatic N) is 8. The van der Waals surface area contributed by atoms with Crippen molar-refractivity contribution in [2.45, 2.75) is 19.6 Å². The Morgan fingerprint density at radius 3 is 2.61 bits per heavy atom. The summed E-state index contributed by atoms with van der Waals surface area (Å²) in [4.78, 5) is 25.0. The third-order valence-electron chi connectivity index (χ3n) is 5.90. The molecule has 3 aromatic rings. The molecule has 0 saturated carbocycles. The SMILES string of the molecule is Cc1c([C@@H](O)CN2CCN(c3cnc(-n4cnnn4)cn3)CC2)ccc2c1COC2=O. The van der Waals surface area contributed by atoms with Gasteiger partial charge in [-0.15, -0.1) is 5.10 Å². The maximum absolute atomic E-state index is 11.7. The maximum atomic E-state index is 11.7. The zero-order chi connectivity index (χ0) is 21.4. The van der Waals surface area contributed by atoms with Crippen molar-refractivity contribution >= 4 is 11.8 Å². The third kappa shape index (κ3) is 3.73. The van der Waals surface area contributed by atoms with Gasteiger partial charge in [0.1, 0.15) is 18.8 Å². The van der Waals surface area contributed by atoms with Gasteiger partial charge in [0.25, 0.3) is 0 Å². The number of ether oxygens (including phenoxy) is 1. The van der Waals surface area contributed by atoms with Crippen molar-refractivity contribution in [1.82, 2.24) is 35.1 Å². The van der Waals surface area contributed by atoms with E-state index in [0.29, 0.717) is 17.9 Å². The van der Waals surface area contributed by atoms with Crippen LogP contribution in [0.1, 0.15) is 33.2 Å². The Labute approximate surface area is 178 Å². The van der Waals surface area contributed by atoms with Crippen LogP contribution in [0.5, 0.6) is 0 Å². The minimum Gasteiger partial charge on any atom is -0.457 e. The van der Waals surface area contributed by atoms with E-state index in [4.69, 9.17) is 4.74 Å². The average Bonchev–Trinajstić information content (AvgIpc) is 3.46. The molecular weight excluding hydrogens is 400 g/mol. The van der Waals surface area contributed by atoms with Gasteiger partial charge in [0.05, 0.1) is 24.1 Å². The van der Waals surface area contributed by atoms with E-state index in [1.807, 2.05) is 13.0 Å². The van der Waals surface area contributed by atoms with Crippen LogP contribution in [0.2, 0.25) is 0 Å². The van der Waals surface area contributed by atoms with Crippen LogP contribution in [0.3, 0.4) is 0 Å². The largest absolute Gasteiger partial charge is 0.457 e. The second kappa shape index (κ2) is 8.00. The summed E-state index contributed by atoms with van der Waals surface area (Å²) >= 11 is 0. The first-order valence-electron chi connectivity index (χ1n) is 10.1. The summed E-state index contributed by atoms with van der Waals surface area (Å²) in [5, 5.41) is 21.8. The molecule has 1 N–H and O–H groups in total. The van der Waals surface area contributed by atoms with Crippen molar-refractivity contribution in [2.75, 3.05) is 37.6 Å². The number of β-amino-alcohol motifs (C(OH)–C–C–N with tert-alkyl or cyclic N) is 1. The minimum absolute atomic E-state index is 0.284. The lowest BCUT2D eigenvalue weighted by molar-refractivity contribution is 0.0535. The van der Waals surface area contributed by atoms with Gasteiger partial charge >= 0.3 is 5.97 Å². The first kappa shape index (κ1) is 19.5. The number of aliphatic hydroxyl groups excluding tert-OH is 1. The Balaban J connectivity index is 1.19. The number of rotatable bonds is 5. The van der Waals surface area contributed by atoms with Gasteiger partial charge in [-0.3, -0.25) is 4.90 Å². The highest BCUT2D eigenvalue weighted by molar-refractivity contribution is 5.93. The van der Waals surface area contributed by atoms with Crippen LogP contribution >= 0.6 is 0 Å². The second-order valence-electron chi connectivity index (χ2n) is 7.67. The molecule has 0 spiro atoms. The van der Waals surface area contributed by atoms with Gasteiger partial charge < -0.3 is 14.7 Å². The lowest BCUT2D eigenvalue weighted by Gasteiger charge is -2.36. The van der Waals surface area contributed by atoms with Gasteiger partial charge in [-0.05, 0) is 34.5 Å². The molecule has 0 amide bonds. The molecule has 2 aromatic heterocycles. The maximum Gasteiger partial charge on any atom is 0.338 e. The van der Waals surface area contributed by atoms with Crippen LogP contribution in [0.4, 0.5) is 5.82 Å². The number of aromatic nitrogens is 6. The summed E-state index contributed by atoms with van der Waals surface area (Å²) in [7, 11) is 0. The highest BCUT2D eigenvalue weighted by Crippen LogP contribution is 2.29. The molecule has 1 aromatic carbocycles. The molecule has 5 rings (SSSR count). The van der Waals surface area contributed by atoms with Crippen LogP contribution < -0.4 is 4.90 Å². The van der Waals surface area contributed by atoms with E-state index in [1.54, 1.807) is 18.5 Å². The molecule has 0 bridgehead atoms. The summed E-state index contributed by atoms with van der Waals surface area (Å²) in [6.07, 6.45) is 4.22.